The Morgan fingerprint density at radius 3 is 2.95 bits per heavy atom. The predicted molar refractivity (Wildman–Crippen MR) is 78.7 cm³/mol. The second kappa shape index (κ2) is 7.42. The zero-order valence-corrected chi connectivity index (χ0v) is 12.3. The van der Waals surface area contributed by atoms with Gasteiger partial charge in [-0.1, -0.05) is 25.1 Å². The van der Waals surface area contributed by atoms with E-state index in [0.29, 0.717) is 18.8 Å². The van der Waals surface area contributed by atoms with E-state index in [0.717, 1.165) is 17.7 Å². The Hall–Kier alpha value is -2.37. The number of benzene rings is 1. The molecule has 1 atom stereocenters. The van der Waals surface area contributed by atoms with Crippen molar-refractivity contribution in [1.29, 1.82) is 0 Å². The fraction of sp³-hybridized carbons (Fsp3) is 0.400. The van der Waals surface area contributed by atoms with Gasteiger partial charge in [0.25, 0.3) is 0 Å². The van der Waals surface area contributed by atoms with Gasteiger partial charge in [0, 0.05) is 6.42 Å². The van der Waals surface area contributed by atoms with Gasteiger partial charge in [0.2, 0.25) is 5.91 Å². The topological polar surface area (TPSA) is 79.9 Å². The molecule has 6 nitrogen and oxygen atoms in total. The molecule has 6 heteroatoms. The smallest absolute Gasteiger partial charge is 0.220 e. The molecule has 0 saturated heterocycles. The van der Waals surface area contributed by atoms with Crippen LogP contribution in [0, 0.1) is 5.92 Å². The van der Waals surface area contributed by atoms with Crippen LogP contribution in [0.4, 0.5) is 0 Å². The predicted octanol–water partition coefficient (Wildman–Crippen LogP) is 1.70. The van der Waals surface area contributed by atoms with Crippen molar-refractivity contribution in [3.63, 3.8) is 0 Å². The number of H-pyrrole nitrogens is 1. The first-order valence-corrected chi connectivity index (χ1v) is 6.92. The maximum atomic E-state index is 11.9. The minimum atomic E-state index is 0.00815. The number of hydrogen-bond acceptors (Lipinski definition) is 4. The molecule has 1 aromatic heterocycles. The normalized spacial score (nSPS) is 11.9. The highest BCUT2D eigenvalue weighted by atomic mass is 16.5. The number of ether oxygens (including phenoxy) is 1. The van der Waals surface area contributed by atoms with Crippen LogP contribution in [0.5, 0.6) is 5.75 Å². The SMILES string of the molecule is COc1ccccc1C[C@@H](C)CC(=O)NCc1ncn[nH]1. The van der Waals surface area contributed by atoms with Crippen molar-refractivity contribution in [3.8, 4) is 5.75 Å². The Bertz CT molecular complexity index is 569. The lowest BCUT2D eigenvalue weighted by Crippen LogP contribution is -2.25. The maximum absolute atomic E-state index is 11.9. The lowest BCUT2D eigenvalue weighted by Gasteiger charge is -2.13. The molecular formula is C15H20N4O2. The lowest BCUT2D eigenvalue weighted by atomic mass is 9.97. The van der Waals surface area contributed by atoms with Gasteiger partial charge in [-0.05, 0) is 24.0 Å². The second-order valence-electron chi connectivity index (χ2n) is 5.03. The number of aromatic nitrogens is 3. The first-order chi connectivity index (χ1) is 10.2. The fourth-order valence-electron chi connectivity index (χ4n) is 2.21. The van der Waals surface area contributed by atoms with Crippen molar-refractivity contribution < 1.29 is 9.53 Å². The van der Waals surface area contributed by atoms with Crippen molar-refractivity contribution in [1.82, 2.24) is 20.5 Å². The monoisotopic (exact) mass is 288 g/mol. The molecule has 0 bridgehead atoms. The second-order valence-corrected chi connectivity index (χ2v) is 5.03. The van der Waals surface area contributed by atoms with Crippen molar-refractivity contribution in [3.05, 3.63) is 42.0 Å². The first kappa shape index (κ1) is 15.0. The van der Waals surface area contributed by atoms with E-state index in [1.807, 2.05) is 24.3 Å². The molecule has 0 saturated carbocycles. The lowest BCUT2D eigenvalue weighted by molar-refractivity contribution is -0.122. The largest absolute Gasteiger partial charge is 0.496 e. The zero-order valence-electron chi connectivity index (χ0n) is 12.3. The minimum Gasteiger partial charge on any atom is -0.496 e. The van der Waals surface area contributed by atoms with Crippen LogP contribution in [-0.2, 0) is 17.8 Å². The number of carbonyl (C=O) groups is 1. The molecule has 2 N–H and O–H groups in total. The summed E-state index contributed by atoms with van der Waals surface area (Å²) >= 11 is 0. The summed E-state index contributed by atoms with van der Waals surface area (Å²) in [5.41, 5.74) is 1.12. The maximum Gasteiger partial charge on any atom is 0.220 e. The van der Waals surface area contributed by atoms with Crippen LogP contribution in [0.1, 0.15) is 24.7 Å². The van der Waals surface area contributed by atoms with Gasteiger partial charge in [-0.25, -0.2) is 4.98 Å². The van der Waals surface area contributed by atoms with Gasteiger partial charge in [0.15, 0.2) is 0 Å². The molecular weight excluding hydrogens is 268 g/mol. The van der Waals surface area contributed by atoms with Crippen LogP contribution < -0.4 is 10.1 Å². The van der Waals surface area contributed by atoms with Gasteiger partial charge >= 0.3 is 0 Å². The highest BCUT2D eigenvalue weighted by molar-refractivity contribution is 5.76. The third-order valence-electron chi connectivity index (χ3n) is 3.21. The fourth-order valence-corrected chi connectivity index (χ4v) is 2.21. The summed E-state index contributed by atoms with van der Waals surface area (Å²) in [4.78, 5) is 15.8. The number of nitrogens with one attached hydrogen (secondary N) is 2. The van der Waals surface area contributed by atoms with Crippen LogP contribution in [0.2, 0.25) is 0 Å². The number of carbonyl (C=O) groups excluding carboxylic acids is 1. The molecule has 1 heterocycles. The van der Waals surface area contributed by atoms with Crippen molar-refractivity contribution in [2.75, 3.05) is 7.11 Å². The number of amides is 1. The van der Waals surface area contributed by atoms with Gasteiger partial charge in [0.1, 0.15) is 17.9 Å². The number of aromatic amines is 1. The van der Waals surface area contributed by atoms with E-state index in [4.69, 9.17) is 4.74 Å². The van der Waals surface area contributed by atoms with Gasteiger partial charge in [-0.2, -0.15) is 5.10 Å². The molecule has 0 radical (unpaired) electrons. The average molecular weight is 288 g/mol. The summed E-state index contributed by atoms with van der Waals surface area (Å²) in [5.74, 6) is 1.76. The molecule has 1 amide bonds. The molecule has 21 heavy (non-hydrogen) atoms. The third-order valence-corrected chi connectivity index (χ3v) is 3.21. The van der Waals surface area contributed by atoms with E-state index in [-0.39, 0.29) is 11.8 Å². The van der Waals surface area contributed by atoms with Crippen LogP contribution in [0.3, 0.4) is 0 Å². The first-order valence-electron chi connectivity index (χ1n) is 6.92. The Morgan fingerprint density at radius 1 is 1.43 bits per heavy atom. The Labute approximate surface area is 123 Å². The summed E-state index contributed by atoms with van der Waals surface area (Å²) in [5, 5.41) is 9.27. The zero-order chi connectivity index (χ0) is 15.1. The quantitative estimate of drug-likeness (QED) is 0.812. The molecule has 0 aliphatic carbocycles. The van der Waals surface area contributed by atoms with E-state index in [1.165, 1.54) is 6.33 Å². The van der Waals surface area contributed by atoms with Crippen LogP contribution in [0.15, 0.2) is 30.6 Å². The molecule has 0 spiro atoms. The highest BCUT2D eigenvalue weighted by Crippen LogP contribution is 2.21. The van der Waals surface area contributed by atoms with E-state index in [9.17, 15) is 4.79 Å². The molecule has 0 aliphatic rings. The average Bonchev–Trinajstić information content (AvgIpc) is 2.99. The van der Waals surface area contributed by atoms with Gasteiger partial charge in [0.05, 0.1) is 13.7 Å². The van der Waals surface area contributed by atoms with Crippen LogP contribution in [0.25, 0.3) is 0 Å². The van der Waals surface area contributed by atoms with Crippen molar-refractivity contribution >= 4 is 5.91 Å². The van der Waals surface area contributed by atoms with Gasteiger partial charge in [-0.3, -0.25) is 9.89 Å². The Morgan fingerprint density at radius 2 is 2.24 bits per heavy atom. The molecule has 2 rings (SSSR count). The highest BCUT2D eigenvalue weighted by Gasteiger charge is 2.12. The summed E-state index contributed by atoms with van der Waals surface area (Å²) in [7, 11) is 1.66. The summed E-state index contributed by atoms with van der Waals surface area (Å²) < 4.78 is 5.33. The van der Waals surface area contributed by atoms with Crippen LogP contribution >= 0.6 is 0 Å². The molecule has 0 fully saturated rings. The number of hydrogen-bond donors (Lipinski definition) is 2. The number of nitrogens with zero attached hydrogens (tertiary/aromatic N) is 2. The summed E-state index contributed by atoms with van der Waals surface area (Å²) in [6.45, 7) is 2.43. The molecule has 1 aromatic carbocycles. The molecule has 0 aliphatic heterocycles. The van der Waals surface area contributed by atoms with E-state index in [1.54, 1.807) is 7.11 Å². The summed E-state index contributed by atoms with van der Waals surface area (Å²) in [6.07, 6.45) is 2.69. The van der Waals surface area contributed by atoms with E-state index >= 15 is 0 Å². The number of para-hydroxylation sites is 1. The van der Waals surface area contributed by atoms with Crippen LogP contribution in [-0.4, -0.2) is 28.2 Å². The van der Waals surface area contributed by atoms with Gasteiger partial charge in [-0.15, -0.1) is 0 Å². The molecule has 0 unspecified atom stereocenters. The van der Waals surface area contributed by atoms with E-state index in [2.05, 4.69) is 27.4 Å². The van der Waals surface area contributed by atoms with Crippen molar-refractivity contribution in [2.24, 2.45) is 5.92 Å². The summed E-state index contributed by atoms with van der Waals surface area (Å²) in [6, 6.07) is 7.89. The Kier molecular flexibility index (Phi) is 5.31. The van der Waals surface area contributed by atoms with Crippen molar-refractivity contribution in [2.45, 2.75) is 26.3 Å². The van der Waals surface area contributed by atoms with E-state index < -0.39 is 0 Å². The third kappa shape index (κ3) is 4.59. The molecule has 2 aromatic rings. The molecule has 112 valence electrons. The number of methoxy groups -OCH3 is 1. The van der Waals surface area contributed by atoms with Gasteiger partial charge < -0.3 is 10.1 Å². The standard InChI is InChI=1S/C15H20N4O2/c1-11(7-12-5-3-4-6-13(12)21-2)8-15(20)16-9-14-17-10-18-19-14/h3-6,10-11H,7-9H2,1-2H3,(H,16,20)(H,17,18,19)/t11-/m1/s1. The number of rotatable bonds is 7. The minimum absolute atomic E-state index is 0.00815. The Balaban J connectivity index is 1.80.